The van der Waals surface area contributed by atoms with E-state index in [0.717, 1.165) is 25.7 Å². The van der Waals surface area contributed by atoms with Crippen molar-refractivity contribution >= 4 is 23.0 Å². The number of aliphatic hydroxyl groups is 1. The van der Waals surface area contributed by atoms with Gasteiger partial charge in [-0.2, -0.15) is 0 Å². The number of phenols is 1. The lowest BCUT2D eigenvalue weighted by atomic mass is 9.94. The summed E-state index contributed by atoms with van der Waals surface area (Å²) >= 11 is 1.28. The Balaban J connectivity index is 1.83. The number of carbonyl (C=O) groups excluding carboxylic acids is 2. The zero-order valence-corrected chi connectivity index (χ0v) is 14.9. The molecular weight excluding hydrogens is 350 g/mol. The van der Waals surface area contributed by atoms with Crippen molar-refractivity contribution in [1.29, 1.82) is 0 Å². The molecule has 1 saturated carbocycles. The fraction of sp³-hybridized carbons (Fsp3) is 0.300. The van der Waals surface area contributed by atoms with E-state index in [1.807, 2.05) is 0 Å². The maximum Gasteiger partial charge on any atom is 0.290 e. The van der Waals surface area contributed by atoms with Crippen molar-refractivity contribution in [2.24, 2.45) is 0 Å². The van der Waals surface area contributed by atoms with Gasteiger partial charge in [0, 0.05) is 6.04 Å². The lowest BCUT2D eigenvalue weighted by Crippen LogP contribution is -2.38. The molecule has 0 radical (unpaired) electrons. The van der Waals surface area contributed by atoms with Crippen molar-refractivity contribution in [1.82, 2.24) is 4.90 Å². The maximum atomic E-state index is 13.0. The quantitative estimate of drug-likeness (QED) is 0.799. The van der Waals surface area contributed by atoms with Gasteiger partial charge in [-0.25, -0.2) is 0 Å². The first-order valence-corrected chi connectivity index (χ1v) is 9.59. The Morgan fingerprint density at radius 2 is 1.88 bits per heavy atom. The Bertz CT molecular complexity index is 881. The third-order valence-electron chi connectivity index (χ3n) is 5.14. The standard InChI is InChI=1S/C20H19NO4S/c22-14-8-3-5-12(11-14)17-16(18(23)15-9-4-10-26-15)19(24)20(25)21(17)13-6-1-2-7-13/h3-5,8-11,13,17,22,24H,1-2,6-7H2. The van der Waals surface area contributed by atoms with Gasteiger partial charge in [0.15, 0.2) is 5.76 Å². The van der Waals surface area contributed by atoms with Crippen LogP contribution in [0.4, 0.5) is 0 Å². The number of carbonyl (C=O) groups is 2. The number of amides is 1. The van der Waals surface area contributed by atoms with Crippen LogP contribution in [0.2, 0.25) is 0 Å². The number of rotatable bonds is 4. The predicted octanol–water partition coefficient (Wildman–Crippen LogP) is 3.97. The number of phenolic OH excluding ortho intramolecular Hbond substituents is 1. The normalized spacial score (nSPS) is 21.0. The van der Waals surface area contributed by atoms with Crippen LogP contribution in [0.25, 0.3) is 0 Å². The van der Waals surface area contributed by atoms with Crippen molar-refractivity contribution in [3.05, 3.63) is 63.6 Å². The smallest absolute Gasteiger partial charge is 0.290 e. The van der Waals surface area contributed by atoms with Crippen LogP contribution < -0.4 is 0 Å². The summed E-state index contributed by atoms with van der Waals surface area (Å²) in [7, 11) is 0. The van der Waals surface area contributed by atoms with E-state index >= 15 is 0 Å². The Labute approximate surface area is 155 Å². The third kappa shape index (κ3) is 2.70. The Hall–Kier alpha value is -2.60. The zero-order chi connectivity index (χ0) is 18.3. The molecule has 1 aliphatic carbocycles. The Kier molecular flexibility index (Phi) is 4.28. The van der Waals surface area contributed by atoms with Gasteiger partial charge in [0.2, 0.25) is 5.78 Å². The molecule has 2 heterocycles. The summed E-state index contributed by atoms with van der Waals surface area (Å²) in [5, 5.41) is 22.3. The average molecular weight is 369 g/mol. The van der Waals surface area contributed by atoms with E-state index in [1.54, 1.807) is 46.7 Å². The van der Waals surface area contributed by atoms with E-state index in [1.165, 1.54) is 11.3 Å². The van der Waals surface area contributed by atoms with Gasteiger partial charge in [0.25, 0.3) is 5.91 Å². The van der Waals surface area contributed by atoms with E-state index in [0.29, 0.717) is 10.4 Å². The van der Waals surface area contributed by atoms with Crippen LogP contribution in [-0.2, 0) is 4.79 Å². The number of ketones is 1. The molecule has 1 atom stereocenters. The lowest BCUT2D eigenvalue weighted by Gasteiger charge is -2.32. The van der Waals surface area contributed by atoms with E-state index in [4.69, 9.17) is 0 Å². The molecule has 2 N–H and O–H groups in total. The summed E-state index contributed by atoms with van der Waals surface area (Å²) < 4.78 is 0. The van der Waals surface area contributed by atoms with Crippen LogP contribution in [0.15, 0.2) is 53.1 Å². The number of hydrogen-bond donors (Lipinski definition) is 2. The van der Waals surface area contributed by atoms with Crippen molar-refractivity contribution in [2.75, 3.05) is 0 Å². The van der Waals surface area contributed by atoms with Gasteiger partial charge < -0.3 is 15.1 Å². The second-order valence-corrected chi connectivity index (χ2v) is 7.66. The van der Waals surface area contributed by atoms with Gasteiger partial charge in [-0.05, 0) is 42.0 Å². The number of nitrogens with zero attached hydrogens (tertiary/aromatic N) is 1. The van der Waals surface area contributed by atoms with Crippen LogP contribution in [0.5, 0.6) is 5.75 Å². The number of Topliss-reactive ketones (excluding diaryl/α,β-unsaturated/α-hetero) is 1. The number of benzene rings is 1. The topological polar surface area (TPSA) is 77.8 Å². The summed E-state index contributed by atoms with van der Waals surface area (Å²) in [6.07, 6.45) is 3.76. The molecule has 1 aromatic carbocycles. The van der Waals surface area contributed by atoms with Gasteiger partial charge >= 0.3 is 0 Å². The molecule has 0 saturated heterocycles. The van der Waals surface area contributed by atoms with E-state index in [9.17, 15) is 19.8 Å². The first-order chi connectivity index (χ1) is 12.6. The highest BCUT2D eigenvalue weighted by Gasteiger charge is 2.47. The molecule has 2 aromatic rings. The summed E-state index contributed by atoms with van der Waals surface area (Å²) in [6, 6.07) is 9.34. The fourth-order valence-corrected chi connectivity index (χ4v) is 4.65. The summed E-state index contributed by atoms with van der Waals surface area (Å²) in [5.74, 6) is -1.23. The molecule has 6 heteroatoms. The highest BCUT2D eigenvalue weighted by Crippen LogP contribution is 2.44. The summed E-state index contributed by atoms with van der Waals surface area (Å²) in [5.41, 5.74) is 0.740. The van der Waals surface area contributed by atoms with Gasteiger partial charge in [0.1, 0.15) is 5.75 Å². The van der Waals surface area contributed by atoms with Crippen molar-refractivity contribution in [3.8, 4) is 5.75 Å². The number of thiophene rings is 1. The molecule has 26 heavy (non-hydrogen) atoms. The SMILES string of the molecule is O=C(C1=C(O)C(=O)N(C2CCCC2)C1c1cccc(O)c1)c1cccs1. The minimum Gasteiger partial charge on any atom is -0.508 e. The predicted molar refractivity (Wildman–Crippen MR) is 98.3 cm³/mol. The highest BCUT2D eigenvalue weighted by molar-refractivity contribution is 7.12. The molecule has 5 nitrogen and oxygen atoms in total. The van der Waals surface area contributed by atoms with Gasteiger partial charge in [-0.1, -0.05) is 31.0 Å². The fourth-order valence-electron chi connectivity index (χ4n) is 3.98. The Morgan fingerprint density at radius 1 is 1.12 bits per heavy atom. The highest BCUT2D eigenvalue weighted by atomic mass is 32.1. The molecule has 1 aromatic heterocycles. The van der Waals surface area contributed by atoms with Crippen LogP contribution in [0.1, 0.15) is 47.0 Å². The van der Waals surface area contributed by atoms with Gasteiger partial charge in [-0.15, -0.1) is 11.3 Å². The summed E-state index contributed by atoms with van der Waals surface area (Å²) in [4.78, 5) is 28.0. The minimum atomic E-state index is -0.674. The van der Waals surface area contributed by atoms with Gasteiger partial charge in [-0.3, -0.25) is 9.59 Å². The minimum absolute atomic E-state index is 0.00867. The molecular formula is C20H19NO4S. The second kappa shape index (κ2) is 6.61. The maximum absolute atomic E-state index is 13.0. The molecule has 0 bridgehead atoms. The third-order valence-corrected chi connectivity index (χ3v) is 6.01. The first-order valence-electron chi connectivity index (χ1n) is 8.71. The van der Waals surface area contributed by atoms with Crippen LogP contribution in [0, 0.1) is 0 Å². The van der Waals surface area contributed by atoms with Crippen molar-refractivity contribution in [2.45, 2.75) is 37.8 Å². The lowest BCUT2D eigenvalue weighted by molar-refractivity contribution is -0.131. The zero-order valence-electron chi connectivity index (χ0n) is 14.1. The first kappa shape index (κ1) is 16.8. The van der Waals surface area contributed by atoms with Crippen LogP contribution in [0.3, 0.4) is 0 Å². The number of hydrogen-bond acceptors (Lipinski definition) is 5. The van der Waals surface area contributed by atoms with Crippen molar-refractivity contribution < 1.29 is 19.8 Å². The van der Waals surface area contributed by atoms with Crippen LogP contribution in [-0.4, -0.2) is 32.8 Å². The molecule has 0 spiro atoms. The molecule has 1 amide bonds. The van der Waals surface area contributed by atoms with Crippen LogP contribution >= 0.6 is 11.3 Å². The molecule has 1 fully saturated rings. The Morgan fingerprint density at radius 3 is 2.54 bits per heavy atom. The number of aliphatic hydroxyl groups excluding tert-OH is 1. The second-order valence-electron chi connectivity index (χ2n) is 6.72. The molecule has 1 aliphatic heterocycles. The summed E-state index contributed by atoms with van der Waals surface area (Å²) in [6.45, 7) is 0. The van der Waals surface area contributed by atoms with E-state index in [2.05, 4.69) is 0 Å². The molecule has 134 valence electrons. The molecule has 1 unspecified atom stereocenters. The molecule has 4 rings (SSSR count). The van der Waals surface area contributed by atoms with E-state index in [-0.39, 0.29) is 23.1 Å². The van der Waals surface area contributed by atoms with E-state index < -0.39 is 17.7 Å². The average Bonchev–Trinajstić information content (AvgIpc) is 3.37. The molecule has 2 aliphatic rings. The van der Waals surface area contributed by atoms with Crippen molar-refractivity contribution in [3.63, 3.8) is 0 Å². The van der Waals surface area contributed by atoms with Gasteiger partial charge in [0.05, 0.1) is 16.5 Å². The largest absolute Gasteiger partial charge is 0.508 e. The number of aromatic hydroxyl groups is 1. The monoisotopic (exact) mass is 369 g/mol.